The number of carbonyl (C=O) groups excluding carboxylic acids is 3. The second-order valence-corrected chi connectivity index (χ2v) is 9.15. The fourth-order valence-corrected chi connectivity index (χ4v) is 3.96. The van der Waals surface area contributed by atoms with Gasteiger partial charge in [-0.25, -0.2) is 9.59 Å². The number of carbonyl (C=O) groups is 3. The SMILES string of the molecule is CCOC(=O)C(C)(C)Oc1c(C)cc(CN(C=O)C(=O)N(CC)c2ccc(C(F)(F)F)c(C)c2)cc1C. The lowest BCUT2D eigenvalue weighted by atomic mass is 10.0. The molecule has 3 amide bonds. The lowest BCUT2D eigenvalue weighted by Gasteiger charge is -2.28. The molecule has 2 aromatic carbocycles. The molecular weight excluding hydrogens is 489 g/mol. The topological polar surface area (TPSA) is 76.1 Å². The fraction of sp³-hybridized carbons (Fsp3) is 0.444. The summed E-state index contributed by atoms with van der Waals surface area (Å²) in [5.41, 5.74) is 0.235. The maximum absolute atomic E-state index is 13.2. The number of halogens is 3. The summed E-state index contributed by atoms with van der Waals surface area (Å²) < 4.78 is 50.4. The zero-order valence-electron chi connectivity index (χ0n) is 22.2. The van der Waals surface area contributed by atoms with Gasteiger partial charge < -0.3 is 9.47 Å². The molecule has 0 bridgehead atoms. The van der Waals surface area contributed by atoms with E-state index in [0.717, 1.165) is 11.0 Å². The van der Waals surface area contributed by atoms with Gasteiger partial charge in [0, 0.05) is 12.2 Å². The lowest BCUT2D eigenvalue weighted by Crippen LogP contribution is -2.42. The van der Waals surface area contributed by atoms with Gasteiger partial charge in [-0.3, -0.25) is 14.6 Å². The van der Waals surface area contributed by atoms with Crippen LogP contribution in [0.1, 0.15) is 55.5 Å². The van der Waals surface area contributed by atoms with Gasteiger partial charge in [0.25, 0.3) is 0 Å². The Morgan fingerprint density at radius 1 is 0.973 bits per heavy atom. The maximum Gasteiger partial charge on any atom is 0.416 e. The molecule has 0 aromatic heterocycles. The predicted molar refractivity (Wildman–Crippen MR) is 133 cm³/mol. The van der Waals surface area contributed by atoms with E-state index in [9.17, 15) is 27.6 Å². The standard InChI is InChI=1S/C27H33F3N2O5/c1-8-32(21-10-11-22(17(3)14-21)27(28,29)30)25(35)31(16-33)15-20-12-18(4)23(19(5)13-20)37-26(6,7)24(34)36-9-2/h10-14,16H,8-9,15H2,1-7H3. The third kappa shape index (κ3) is 7.02. The van der Waals surface area contributed by atoms with E-state index in [2.05, 4.69) is 0 Å². The van der Waals surface area contributed by atoms with Crippen molar-refractivity contribution in [3.05, 3.63) is 58.1 Å². The highest BCUT2D eigenvalue weighted by atomic mass is 19.4. The zero-order valence-corrected chi connectivity index (χ0v) is 22.2. The number of rotatable bonds is 9. The van der Waals surface area contributed by atoms with E-state index >= 15 is 0 Å². The van der Waals surface area contributed by atoms with Gasteiger partial charge in [-0.15, -0.1) is 0 Å². The summed E-state index contributed by atoms with van der Waals surface area (Å²) >= 11 is 0. The molecule has 0 fully saturated rings. The van der Waals surface area contributed by atoms with Crippen LogP contribution in [0.15, 0.2) is 30.3 Å². The third-order valence-electron chi connectivity index (χ3n) is 5.74. The van der Waals surface area contributed by atoms with Crippen LogP contribution in [0, 0.1) is 20.8 Å². The molecular formula is C27H33F3N2O5. The highest BCUT2D eigenvalue weighted by Crippen LogP contribution is 2.34. The summed E-state index contributed by atoms with van der Waals surface area (Å²) in [6.07, 6.45) is -4.11. The molecule has 202 valence electrons. The summed E-state index contributed by atoms with van der Waals surface area (Å²) in [4.78, 5) is 39.5. The van der Waals surface area contributed by atoms with Crippen molar-refractivity contribution in [3.63, 3.8) is 0 Å². The van der Waals surface area contributed by atoms with Gasteiger partial charge >= 0.3 is 18.2 Å². The molecule has 0 spiro atoms. The Bertz CT molecular complexity index is 1140. The molecule has 0 N–H and O–H groups in total. The molecule has 0 atom stereocenters. The van der Waals surface area contributed by atoms with Gasteiger partial charge in [0.1, 0.15) is 5.75 Å². The Labute approximate surface area is 215 Å². The van der Waals surface area contributed by atoms with E-state index in [4.69, 9.17) is 9.47 Å². The van der Waals surface area contributed by atoms with Gasteiger partial charge in [0.2, 0.25) is 6.41 Å². The summed E-state index contributed by atoms with van der Waals surface area (Å²) in [5, 5.41) is 0. The number of hydrogen-bond donors (Lipinski definition) is 0. The molecule has 0 unspecified atom stereocenters. The molecule has 0 saturated carbocycles. The quantitative estimate of drug-likeness (QED) is 0.300. The number of hydrogen-bond acceptors (Lipinski definition) is 5. The number of ether oxygens (including phenoxy) is 2. The first-order valence-electron chi connectivity index (χ1n) is 11.8. The van der Waals surface area contributed by atoms with Gasteiger partial charge in [0.15, 0.2) is 5.60 Å². The first kappa shape index (κ1) is 29.7. The van der Waals surface area contributed by atoms with Gasteiger partial charge in [-0.05, 0) is 88.9 Å². The number of benzene rings is 2. The van der Waals surface area contributed by atoms with Crippen LogP contribution in [0.4, 0.5) is 23.7 Å². The molecule has 0 aliphatic carbocycles. The van der Waals surface area contributed by atoms with Gasteiger partial charge in [0.05, 0.1) is 18.7 Å². The Morgan fingerprint density at radius 3 is 2.03 bits per heavy atom. The second-order valence-electron chi connectivity index (χ2n) is 9.15. The average Bonchev–Trinajstić information content (AvgIpc) is 2.79. The smallest absolute Gasteiger partial charge is 0.416 e. The fourth-order valence-electron chi connectivity index (χ4n) is 3.96. The second kappa shape index (κ2) is 11.7. The summed E-state index contributed by atoms with van der Waals surface area (Å²) in [6, 6.07) is 6.23. The van der Waals surface area contributed by atoms with Crippen LogP contribution in [-0.2, 0) is 27.0 Å². The van der Waals surface area contributed by atoms with E-state index in [-0.39, 0.29) is 30.9 Å². The van der Waals surface area contributed by atoms with E-state index in [1.807, 2.05) is 0 Å². The van der Waals surface area contributed by atoms with Crippen molar-refractivity contribution in [2.45, 2.75) is 66.8 Å². The normalized spacial score (nSPS) is 11.6. The first-order valence-corrected chi connectivity index (χ1v) is 11.8. The average molecular weight is 523 g/mol. The summed E-state index contributed by atoms with van der Waals surface area (Å²) in [5.74, 6) is -0.0186. The minimum absolute atomic E-state index is 0.0264. The largest absolute Gasteiger partial charge is 0.476 e. The zero-order chi connectivity index (χ0) is 28.1. The molecule has 0 heterocycles. The van der Waals surface area contributed by atoms with Crippen LogP contribution in [0.5, 0.6) is 5.75 Å². The van der Waals surface area contributed by atoms with Crippen LogP contribution < -0.4 is 9.64 Å². The Balaban J connectivity index is 2.29. The van der Waals surface area contributed by atoms with Crippen LogP contribution in [0.25, 0.3) is 0 Å². The minimum Gasteiger partial charge on any atom is -0.476 e. The number of alkyl halides is 3. The molecule has 2 rings (SSSR count). The van der Waals surface area contributed by atoms with Crippen LogP contribution in [-0.4, -0.2) is 42.1 Å². The number of esters is 1. The number of amides is 3. The summed E-state index contributed by atoms with van der Waals surface area (Å²) in [6.45, 7) is 11.8. The molecule has 7 nitrogen and oxygen atoms in total. The van der Waals surface area contributed by atoms with Crippen molar-refractivity contribution in [3.8, 4) is 5.75 Å². The van der Waals surface area contributed by atoms with Crippen molar-refractivity contribution in [2.75, 3.05) is 18.1 Å². The van der Waals surface area contributed by atoms with Gasteiger partial charge in [-0.1, -0.05) is 12.1 Å². The van der Waals surface area contributed by atoms with Crippen LogP contribution in [0.3, 0.4) is 0 Å². The highest BCUT2D eigenvalue weighted by Gasteiger charge is 2.34. The minimum atomic E-state index is -4.50. The highest BCUT2D eigenvalue weighted by molar-refractivity contribution is 5.97. The van der Waals surface area contributed by atoms with Crippen molar-refractivity contribution < 1.29 is 37.0 Å². The van der Waals surface area contributed by atoms with Crippen molar-refractivity contribution in [1.29, 1.82) is 0 Å². The van der Waals surface area contributed by atoms with Crippen molar-refractivity contribution in [2.24, 2.45) is 0 Å². The Hall–Kier alpha value is -3.56. The molecule has 37 heavy (non-hydrogen) atoms. The van der Waals surface area contributed by atoms with Crippen molar-refractivity contribution >= 4 is 24.1 Å². The predicted octanol–water partition coefficient (Wildman–Crippen LogP) is 5.96. The van der Waals surface area contributed by atoms with E-state index in [0.29, 0.717) is 28.8 Å². The van der Waals surface area contributed by atoms with Crippen LogP contribution >= 0.6 is 0 Å². The van der Waals surface area contributed by atoms with Crippen LogP contribution in [0.2, 0.25) is 0 Å². The molecule has 0 saturated heterocycles. The summed E-state index contributed by atoms with van der Waals surface area (Å²) in [7, 11) is 0. The Morgan fingerprint density at radius 2 is 1.57 bits per heavy atom. The van der Waals surface area contributed by atoms with Crippen molar-refractivity contribution in [1.82, 2.24) is 4.90 Å². The number of anilines is 1. The molecule has 0 radical (unpaired) electrons. The molecule has 0 aliphatic rings. The van der Waals surface area contributed by atoms with E-state index in [1.54, 1.807) is 53.7 Å². The van der Waals surface area contributed by atoms with E-state index in [1.165, 1.54) is 24.0 Å². The maximum atomic E-state index is 13.2. The van der Waals surface area contributed by atoms with E-state index < -0.39 is 29.3 Å². The molecule has 2 aromatic rings. The molecule has 0 aliphatic heterocycles. The molecule has 10 heteroatoms. The number of nitrogens with zero attached hydrogens (tertiary/aromatic N) is 2. The first-order chi connectivity index (χ1) is 17.2. The third-order valence-corrected chi connectivity index (χ3v) is 5.74. The van der Waals surface area contributed by atoms with Gasteiger partial charge in [-0.2, -0.15) is 13.2 Å². The Kier molecular flexibility index (Phi) is 9.35. The monoisotopic (exact) mass is 522 g/mol. The number of urea groups is 1. The lowest BCUT2D eigenvalue weighted by molar-refractivity contribution is -0.158. The number of aryl methyl sites for hydroxylation is 3. The number of imide groups is 1.